The zero-order valence-corrected chi connectivity index (χ0v) is 12.2. The van der Waals surface area contributed by atoms with Crippen LogP contribution in [0, 0.1) is 0 Å². The van der Waals surface area contributed by atoms with E-state index in [2.05, 4.69) is 45.0 Å². The number of aryl methyl sites for hydroxylation is 1. The zero-order valence-electron chi connectivity index (χ0n) is 11.4. The molecule has 0 bridgehead atoms. The minimum absolute atomic E-state index is 0.00517. The number of benzene rings is 1. The highest BCUT2D eigenvalue weighted by Crippen LogP contribution is 2.13. The SMILES string of the molecule is CCc1ccc(CN(C(=O)CCl)C(C)CC)cc1. The molecular weight excluding hydrogens is 246 g/mol. The second kappa shape index (κ2) is 7.42. The molecule has 0 spiro atoms. The zero-order chi connectivity index (χ0) is 13.5. The van der Waals surface area contributed by atoms with E-state index in [-0.39, 0.29) is 17.8 Å². The van der Waals surface area contributed by atoms with Gasteiger partial charge in [-0.3, -0.25) is 4.79 Å². The van der Waals surface area contributed by atoms with Gasteiger partial charge in [0.25, 0.3) is 0 Å². The fraction of sp³-hybridized carbons (Fsp3) is 0.533. The molecule has 1 rings (SSSR count). The lowest BCUT2D eigenvalue weighted by Gasteiger charge is -2.28. The highest BCUT2D eigenvalue weighted by Gasteiger charge is 2.17. The second-order valence-electron chi connectivity index (χ2n) is 4.58. The summed E-state index contributed by atoms with van der Waals surface area (Å²) in [4.78, 5) is 13.7. The van der Waals surface area contributed by atoms with Crippen LogP contribution in [0.15, 0.2) is 24.3 Å². The van der Waals surface area contributed by atoms with Crippen molar-refractivity contribution in [2.75, 3.05) is 5.88 Å². The van der Waals surface area contributed by atoms with Crippen molar-refractivity contribution in [2.45, 2.75) is 46.2 Å². The molecule has 1 aromatic rings. The van der Waals surface area contributed by atoms with Crippen LogP contribution in [0.5, 0.6) is 0 Å². The van der Waals surface area contributed by atoms with Crippen molar-refractivity contribution in [1.82, 2.24) is 4.90 Å². The number of amides is 1. The van der Waals surface area contributed by atoms with Crippen molar-refractivity contribution in [2.24, 2.45) is 0 Å². The molecule has 0 aliphatic rings. The van der Waals surface area contributed by atoms with Gasteiger partial charge in [-0.05, 0) is 30.9 Å². The number of alkyl halides is 1. The number of nitrogens with zero attached hydrogens (tertiary/aromatic N) is 1. The van der Waals surface area contributed by atoms with Crippen molar-refractivity contribution in [3.63, 3.8) is 0 Å². The highest BCUT2D eigenvalue weighted by molar-refractivity contribution is 6.27. The van der Waals surface area contributed by atoms with Gasteiger partial charge in [-0.1, -0.05) is 38.1 Å². The maximum atomic E-state index is 11.8. The number of hydrogen-bond donors (Lipinski definition) is 0. The van der Waals surface area contributed by atoms with Crippen molar-refractivity contribution >= 4 is 17.5 Å². The predicted octanol–water partition coefficient (Wildman–Crippen LogP) is 3.61. The lowest BCUT2D eigenvalue weighted by molar-refractivity contribution is -0.131. The van der Waals surface area contributed by atoms with Gasteiger partial charge in [0.15, 0.2) is 0 Å². The third kappa shape index (κ3) is 4.02. The van der Waals surface area contributed by atoms with Crippen LogP contribution in [0.3, 0.4) is 0 Å². The van der Waals surface area contributed by atoms with Gasteiger partial charge in [0.2, 0.25) is 5.91 Å². The van der Waals surface area contributed by atoms with Crippen molar-refractivity contribution in [3.05, 3.63) is 35.4 Å². The number of halogens is 1. The summed E-state index contributed by atoms with van der Waals surface area (Å²) in [7, 11) is 0. The van der Waals surface area contributed by atoms with Crippen LogP contribution >= 0.6 is 11.6 Å². The first-order valence-electron chi connectivity index (χ1n) is 6.55. The molecule has 2 nitrogen and oxygen atoms in total. The van der Waals surface area contributed by atoms with Gasteiger partial charge in [0.05, 0.1) is 0 Å². The Labute approximate surface area is 115 Å². The molecule has 3 heteroatoms. The molecular formula is C15H22ClNO. The van der Waals surface area contributed by atoms with Gasteiger partial charge in [-0.25, -0.2) is 0 Å². The van der Waals surface area contributed by atoms with Crippen molar-refractivity contribution in [1.29, 1.82) is 0 Å². The molecule has 100 valence electrons. The number of carbonyl (C=O) groups excluding carboxylic acids is 1. The van der Waals surface area contributed by atoms with Crippen molar-refractivity contribution in [3.8, 4) is 0 Å². The van der Waals surface area contributed by atoms with Crippen LogP contribution in [0.2, 0.25) is 0 Å². The summed E-state index contributed by atoms with van der Waals surface area (Å²) in [6.07, 6.45) is 1.98. The van der Waals surface area contributed by atoms with E-state index in [9.17, 15) is 4.79 Å². The highest BCUT2D eigenvalue weighted by atomic mass is 35.5. The molecule has 0 aromatic heterocycles. The fourth-order valence-electron chi connectivity index (χ4n) is 1.86. The summed E-state index contributed by atoms with van der Waals surface area (Å²) in [6.45, 7) is 6.92. The number of carbonyl (C=O) groups is 1. The average Bonchev–Trinajstić information content (AvgIpc) is 2.43. The Morgan fingerprint density at radius 2 is 1.78 bits per heavy atom. The summed E-state index contributed by atoms with van der Waals surface area (Å²) < 4.78 is 0. The van der Waals surface area contributed by atoms with Crippen LogP contribution in [0.25, 0.3) is 0 Å². The van der Waals surface area contributed by atoms with E-state index >= 15 is 0 Å². The van der Waals surface area contributed by atoms with E-state index in [4.69, 9.17) is 11.6 Å². The van der Waals surface area contributed by atoms with Gasteiger partial charge in [-0.15, -0.1) is 11.6 Å². The monoisotopic (exact) mass is 267 g/mol. The first-order valence-corrected chi connectivity index (χ1v) is 7.09. The molecule has 0 N–H and O–H groups in total. The van der Waals surface area contributed by atoms with Crippen LogP contribution < -0.4 is 0 Å². The number of rotatable bonds is 6. The fourth-order valence-corrected chi connectivity index (χ4v) is 2.02. The first-order chi connectivity index (χ1) is 8.62. The van der Waals surface area contributed by atoms with E-state index in [0.717, 1.165) is 18.4 Å². The summed E-state index contributed by atoms with van der Waals surface area (Å²) in [6, 6.07) is 8.65. The Bertz CT molecular complexity index is 375. The molecule has 0 saturated heterocycles. The van der Waals surface area contributed by atoms with E-state index in [1.165, 1.54) is 5.56 Å². The third-order valence-corrected chi connectivity index (χ3v) is 3.57. The van der Waals surface area contributed by atoms with Gasteiger partial charge >= 0.3 is 0 Å². The quantitative estimate of drug-likeness (QED) is 0.721. The molecule has 0 saturated carbocycles. The maximum absolute atomic E-state index is 11.8. The molecule has 0 radical (unpaired) electrons. The first kappa shape index (κ1) is 15.0. The topological polar surface area (TPSA) is 20.3 Å². The Hall–Kier alpha value is -1.02. The van der Waals surface area contributed by atoms with Crippen LogP contribution in [-0.4, -0.2) is 22.7 Å². The van der Waals surface area contributed by atoms with Crippen molar-refractivity contribution < 1.29 is 4.79 Å². The van der Waals surface area contributed by atoms with E-state index in [1.54, 1.807) is 0 Å². The predicted molar refractivity (Wildman–Crippen MR) is 76.8 cm³/mol. The normalized spacial score (nSPS) is 12.2. The Balaban J connectivity index is 2.78. The van der Waals surface area contributed by atoms with Gasteiger partial charge in [0.1, 0.15) is 5.88 Å². The molecule has 0 heterocycles. The third-order valence-electron chi connectivity index (χ3n) is 3.34. The van der Waals surface area contributed by atoms with E-state index in [0.29, 0.717) is 6.54 Å². The lowest BCUT2D eigenvalue weighted by Crippen LogP contribution is -2.38. The smallest absolute Gasteiger partial charge is 0.238 e. The van der Waals surface area contributed by atoms with Crippen LogP contribution in [0.4, 0.5) is 0 Å². The van der Waals surface area contributed by atoms with E-state index in [1.807, 2.05) is 4.90 Å². The summed E-state index contributed by atoms with van der Waals surface area (Å²) >= 11 is 5.67. The summed E-state index contributed by atoms with van der Waals surface area (Å²) in [5, 5.41) is 0. The standard InChI is InChI=1S/C15H22ClNO/c1-4-12(3)17(15(18)10-16)11-14-8-6-13(5-2)7-9-14/h6-9,12H,4-5,10-11H2,1-3H3. The molecule has 18 heavy (non-hydrogen) atoms. The Morgan fingerprint density at radius 1 is 1.22 bits per heavy atom. The molecule has 0 fully saturated rings. The average molecular weight is 268 g/mol. The van der Waals surface area contributed by atoms with Gasteiger partial charge < -0.3 is 4.90 Å². The second-order valence-corrected chi connectivity index (χ2v) is 4.85. The molecule has 0 aliphatic carbocycles. The minimum atomic E-state index is 0.00517. The number of hydrogen-bond acceptors (Lipinski definition) is 1. The minimum Gasteiger partial charge on any atom is -0.335 e. The van der Waals surface area contributed by atoms with Gasteiger partial charge in [-0.2, -0.15) is 0 Å². The van der Waals surface area contributed by atoms with Crippen LogP contribution in [-0.2, 0) is 17.8 Å². The molecule has 1 amide bonds. The van der Waals surface area contributed by atoms with Crippen LogP contribution in [0.1, 0.15) is 38.3 Å². The van der Waals surface area contributed by atoms with Gasteiger partial charge in [0, 0.05) is 12.6 Å². The summed E-state index contributed by atoms with van der Waals surface area (Å²) in [5.41, 5.74) is 2.48. The molecule has 1 atom stereocenters. The summed E-state index contributed by atoms with van der Waals surface area (Å²) in [5.74, 6) is 0.0581. The lowest BCUT2D eigenvalue weighted by atomic mass is 10.1. The Morgan fingerprint density at radius 3 is 2.22 bits per heavy atom. The Kier molecular flexibility index (Phi) is 6.20. The van der Waals surface area contributed by atoms with E-state index < -0.39 is 0 Å². The molecule has 0 aliphatic heterocycles. The maximum Gasteiger partial charge on any atom is 0.238 e. The largest absolute Gasteiger partial charge is 0.335 e. The molecule has 1 aromatic carbocycles. The molecule has 1 unspecified atom stereocenters.